The molecule has 2 aliphatic rings. The van der Waals surface area contributed by atoms with E-state index < -0.39 is 17.2 Å². The first-order valence-electron chi connectivity index (χ1n) is 11.4. The Morgan fingerprint density at radius 1 is 1.15 bits per heavy atom. The van der Waals surface area contributed by atoms with E-state index >= 15 is 0 Å². The van der Waals surface area contributed by atoms with Gasteiger partial charge in [0, 0.05) is 6.54 Å². The van der Waals surface area contributed by atoms with Crippen LogP contribution in [-0.4, -0.2) is 51.0 Å². The maximum absolute atomic E-state index is 13.4. The van der Waals surface area contributed by atoms with Crippen molar-refractivity contribution in [3.63, 3.8) is 0 Å². The number of carbonyl (C=O) groups excluding carboxylic acids is 2. The summed E-state index contributed by atoms with van der Waals surface area (Å²) in [6, 6.07) is 9.27. The molecule has 2 aromatic rings. The molecule has 0 atom stereocenters. The summed E-state index contributed by atoms with van der Waals surface area (Å²) in [4.78, 5) is 56.1. The number of hydrogen-bond acceptors (Lipinski definition) is 6. The molecule has 0 saturated carbocycles. The minimum absolute atomic E-state index is 0.0451. The van der Waals surface area contributed by atoms with E-state index in [9.17, 15) is 19.2 Å². The van der Waals surface area contributed by atoms with Crippen LogP contribution in [0.1, 0.15) is 37.7 Å². The number of carbonyl (C=O) groups is 2. The average Bonchev–Trinajstić information content (AvgIpc) is 3.24. The van der Waals surface area contributed by atoms with E-state index in [1.807, 2.05) is 30.3 Å². The molecule has 1 aromatic carbocycles. The third-order valence-electron chi connectivity index (χ3n) is 6.16. The van der Waals surface area contributed by atoms with Crippen molar-refractivity contribution in [1.82, 2.24) is 14.5 Å². The highest BCUT2D eigenvalue weighted by Crippen LogP contribution is 2.24. The zero-order valence-electron chi connectivity index (χ0n) is 19.0. The normalized spacial score (nSPS) is 15.9. The van der Waals surface area contributed by atoms with Gasteiger partial charge in [0.15, 0.2) is 5.69 Å². The molecule has 1 aromatic heterocycles. The van der Waals surface area contributed by atoms with Crippen LogP contribution >= 0.6 is 11.8 Å². The first-order chi connectivity index (χ1) is 16.4. The van der Waals surface area contributed by atoms with Crippen LogP contribution in [0.15, 0.2) is 51.6 Å². The number of nitrogens with one attached hydrogen (secondary N) is 1. The van der Waals surface area contributed by atoms with Crippen LogP contribution in [0.4, 0.5) is 11.5 Å². The molecule has 0 spiro atoms. The third kappa shape index (κ3) is 5.44. The molecular formula is C24H29N5O4S. The fourth-order valence-corrected chi connectivity index (χ4v) is 5.20. The van der Waals surface area contributed by atoms with Crippen molar-refractivity contribution in [2.75, 3.05) is 35.4 Å². The summed E-state index contributed by atoms with van der Waals surface area (Å²) in [5.74, 6) is 0.206. The largest absolute Gasteiger partial charge is 0.383 e. The van der Waals surface area contributed by atoms with Gasteiger partial charge in [0.1, 0.15) is 12.4 Å². The number of aromatic amines is 1. The summed E-state index contributed by atoms with van der Waals surface area (Å²) < 4.78 is 1.27. The van der Waals surface area contributed by atoms with Gasteiger partial charge in [0.2, 0.25) is 11.8 Å². The van der Waals surface area contributed by atoms with E-state index in [1.54, 1.807) is 0 Å². The van der Waals surface area contributed by atoms with E-state index in [2.05, 4.69) is 11.1 Å². The Morgan fingerprint density at radius 2 is 1.94 bits per heavy atom. The molecule has 0 radical (unpaired) electrons. The number of H-pyrrole nitrogens is 1. The maximum Gasteiger partial charge on any atom is 0.330 e. The zero-order chi connectivity index (χ0) is 24.1. The van der Waals surface area contributed by atoms with Crippen molar-refractivity contribution in [2.24, 2.45) is 0 Å². The number of aromatic nitrogens is 2. The molecule has 9 nitrogen and oxygen atoms in total. The minimum Gasteiger partial charge on any atom is -0.383 e. The van der Waals surface area contributed by atoms with Gasteiger partial charge in [-0.05, 0) is 37.7 Å². The van der Waals surface area contributed by atoms with Crippen molar-refractivity contribution in [1.29, 1.82) is 0 Å². The van der Waals surface area contributed by atoms with E-state index in [1.165, 1.54) is 31.7 Å². The molecule has 34 heavy (non-hydrogen) atoms. The summed E-state index contributed by atoms with van der Waals surface area (Å²) in [5, 5.41) is 0. The number of hydrogen-bond donors (Lipinski definition) is 2. The molecular weight excluding hydrogens is 454 g/mol. The van der Waals surface area contributed by atoms with Crippen molar-refractivity contribution in [3.8, 4) is 0 Å². The summed E-state index contributed by atoms with van der Waals surface area (Å²) >= 11 is 1.45. The number of nitrogens with zero attached hydrogens (tertiary/aromatic N) is 3. The SMILES string of the molecule is Nc1c(N(CCC2=CCCCC2)C(=O)CN2CSCC2=O)c(=O)[nH]c(=O)n1Cc1ccccc1. The Morgan fingerprint density at radius 3 is 2.62 bits per heavy atom. The number of anilines is 2. The second-order valence-electron chi connectivity index (χ2n) is 8.54. The van der Waals surface area contributed by atoms with E-state index in [0.29, 0.717) is 18.1 Å². The molecule has 10 heteroatoms. The fourth-order valence-electron chi connectivity index (χ4n) is 4.30. The van der Waals surface area contributed by atoms with Crippen LogP contribution in [0.3, 0.4) is 0 Å². The van der Waals surface area contributed by atoms with Crippen LogP contribution in [-0.2, 0) is 16.1 Å². The first kappa shape index (κ1) is 23.9. The smallest absolute Gasteiger partial charge is 0.330 e. The monoisotopic (exact) mass is 483 g/mol. The lowest BCUT2D eigenvalue weighted by Crippen LogP contribution is -2.46. The molecule has 180 valence electrons. The van der Waals surface area contributed by atoms with Gasteiger partial charge in [-0.25, -0.2) is 4.79 Å². The Labute approximate surface area is 201 Å². The zero-order valence-corrected chi connectivity index (χ0v) is 19.8. The summed E-state index contributed by atoms with van der Waals surface area (Å²) in [6.45, 7) is 0.266. The highest BCUT2D eigenvalue weighted by molar-refractivity contribution is 8.00. The number of benzene rings is 1. The Hall–Kier alpha value is -3.27. The number of thioether (sulfide) groups is 1. The Balaban J connectivity index is 1.68. The lowest BCUT2D eigenvalue weighted by Gasteiger charge is -2.27. The minimum atomic E-state index is -0.708. The molecule has 0 unspecified atom stereocenters. The number of amides is 2. The third-order valence-corrected chi connectivity index (χ3v) is 7.11. The van der Waals surface area contributed by atoms with Crippen molar-refractivity contribution >= 4 is 35.1 Å². The van der Waals surface area contributed by atoms with Crippen LogP contribution in [0.2, 0.25) is 0 Å². The van der Waals surface area contributed by atoms with Crippen LogP contribution < -0.4 is 21.9 Å². The Bertz CT molecular complexity index is 1200. The predicted molar refractivity (Wildman–Crippen MR) is 134 cm³/mol. The fraction of sp³-hybridized carbons (Fsp3) is 0.417. The standard InChI is InChI=1S/C24H29N5O4S/c25-22-21(23(32)26-24(33)29(22)13-18-9-5-2-6-10-18)28(12-11-17-7-3-1-4-8-17)19(30)14-27-16-34-15-20(27)31/h2,5-7,9-10H,1,3-4,8,11-16,25H2,(H,26,32,33). The topological polar surface area (TPSA) is 122 Å². The van der Waals surface area contributed by atoms with Gasteiger partial charge in [-0.1, -0.05) is 42.0 Å². The van der Waals surface area contributed by atoms with Crippen molar-refractivity contribution in [3.05, 3.63) is 68.4 Å². The van der Waals surface area contributed by atoms with Gasteiger partial charge in [-0.3, -0.25) is 23.9 Å². The summed E-state index contributed by atoms with van der Waals surface area (Å²) in [6.07, 6.45) is 7.01. The van der Waals surface area contributed by atoms with Gasteiger partial charge in [-0.2, -0.15) is 0 Å². The predicted octanol–water partition coefficient (Wildman–Crippen LogP) is 1.92. The van der Waals surface area contributed by atoms with Gasteiger partial charge in [0.25, 0.3) is 5.56 Å². The lowest BCUT2D eigenvalue weighted by molar-refractivity contribution is -0.131. The second-order valence-corrected chi connectivity index (χ2v) is 9.49. The van der Waals surface area contributed by atoms with E-state index in [-0.39, 0.29) is 37.0 Å². The molecule has 1 aliphatic carbocycles. The van der Waals surface area contributed by atoms with Gasteiger partial charge < -0.3 is 15.5 Å². The molecule has 0 bridgehead atoms. The molecule has 3 N–H and O–H groups in total. The average molecular weight is 484 g/mol. The number of nitrogens with two attached hydrogens (primary N) is 1. The second kappa shape index (κ2) is 10.8. The van der Waals surface area contributed by atoms with Crippen LogP contribution in [0.5, 0.6) is 0 Å². The lowest BCUT2D eigenvalue weighted by atomic mass is 9.97. The number of rotatable bonds is 8. The van der Waals surface area contributed by atoms with Crippen LogP contribution in [0, 0.1) is 0 Å². The summed E-state index contributed by atoms with van der Waals surface area (Å²) in [5.41, 5.74) is 7.05. The first-order valence-corrected chi connectivity index (χ1v) is 12.6. The molecule has 1 aliphatic heterocycles. The molecule has 1 saturated heterocycles. The van der Waals surface area contributed by atoms with E-state index in [4.69, 9.17) is 5.73 Å². The Kier molecular flexibility index (Phi) is 7.56. The number of nitrogen functional groups attached to an aromatic ring is 1. The quantitative estimate of drug-likeness (QED) is 0.554. The van der Waals surface area contributed by atoms with Gasteiger partial charge in [0.05, 0.1) is 18.2 Å². The highest BCUT2D eigenvalue weighted by atomic mass is 32.2. The molecule has 2 heterocycles. The maximum atomic E-state index is 13.4. The molecule has 4 rings (SSSR count). The van der Waals surface area contributed by atoms with E-state index in [0.717, 1.165) is 31.2 Å². The van der Waals surface area contributed by atoms with Gasteiger partial charge in [-0.15, -0.1) is 11.8 Å². The number of allylic oxidation sites excluding steroid dienone is 1. The van der Waals surface area contributed by atoms with Crippen molar-refractivity contribution in [2.45, 2.75) is 38.6 Å². The molecule has 1 fully saturated rings. The van der Waals surface area contributed by atoms with Crippen LogP contribution in [0.25, 0.3) is 0 Å². The highest BCUT2D eigenvalue weighted by Gasteiger charge is 2.29. The molecule has 2 amide bonds. The van der Waals surface area contributed by atoms with Crippen molar-refractivity contribution < 1.29 is 9.59 Å². The van der Waals surface area contributed by atoms with Gasteiger partial charge >= 0.3 is 5.69 Å². The summed E-state index contributed by atoms with van der Waals surface area (Å²) in [7, 11) is 0.